The van der Waals surface area contributed by atoms with Gasteiger partial charge in [0.15, 0.2) is 0 Å². The van der Waals surface area contributed by atoms with Crippen molar-refractivity contribution < 1.29 is 8.42 Å². The minimum Gasteiger partial charge on any atom is -0.243 e. The first-order valence-electron chi connectivity index (χ1n) is 5.57. The fourth-order valence-corrected chi connectivity index (χ4v) is 3.85. The highest BCUT2D eigenvalue weighted by atomic mass is 35.5. The van der Waals surface area contributed by atoms with Crippen molar-refractivity contribution in [1.29, 1.82) is 5.26 Å². The zero-order chi connectivity index (χ0) is 13.2. The second-order valence-corrected chi connectivity index (χ2v) is 6.23. The average molecular weight is 286 g/mol. The van der Waals surface area contributed by atoms with Crippen molar-refractivity contribution in [1.82, 2.24) is 9.71 Å². The molecule has 7 heteroatoms. The fraction of sp³-hybridized carbons (Fsp3) is 0.455. The molecule has 1 aromatic heterocycles. The molecule has 1 aromatic rings. The van der Waals surface area contributed by atoms with Crippen LogP contribution in [0.2, 0.25) is 5.15 Å². The minimum absolute atomic E-state index is 0.0461. The van der Waals surface area contributed by atoms with Gasteiger partial charge in [0.1, 0.15) is 10.0 Å². The molecule has 96 valence electrons. The lowest BCUT2D eigenvalue weighted by molar-refractivity contribution is 0.515. The molecule has 2 unspecified atom stereocenters. The summed E-state index contributed by atoms with van der Waals surface area (Å²) >= 11 is 5.77. The summed E-state index contributed by atoms with van der Waals surface area (Å²) in [6, 6.07) is 4.70. The molecular weight excluding hydrogens is 274 g/mol. The van der Waals surface area contributed by atoms with E-state index in [1.807, 2.05) is 0 Å². The summed E-state index contributed by atoms with van der Waals surface area (Å²) in [5, 5.41) is 8.88. The first kappa shape index (κ1) is 13.3. The van der Waals surface area contributed by atoms with E-state index in [1.165, 1.54) is 18.3 Å². The third kappa shape index (κ3) is 2.64. The summed E-state index contributed by atoms with van der Waals surface area (Å²) < 4.78 is 26.8. The highest BCUT2D eigenvalue weighted by Crippen LogP contribution is 2.27. The van der Waals surface area contributed by atoms with Gasteiger partial charge in [0, 0.05) is 12.2 Å². The maximum Gasteiger partial charge on any atom is 0.243 e. The van der Waals surface area contributed by atoms with Gasteiger partial charge in [0.25, 0.3) is 0 Å². The third-order valence-electron chi connectivity index (χ3n) is 3.00. The number of rotatable bonds is 3. The van der Waals surface area contributed by atoms with Crippen LogP contribution in [0.15, 0.2) is 23.2 Å². The van der Waals surface area contributed by atoms with Crippen LogP contribution in [0.25, 0.3) is 0 Å². The number of nitrogens with one attached hydrogen (secondary N) is 1. The van der Waals surface area contributed by atoms with E-state index in [4.69, 9.17) is 16.9 Å². The SMILES string of the molecule is N#CC1CCCC1NS(=O)(=O)c1cccnc1Cl. The predicted molar refractivity (Wildman–Crippen MR) is 66.3 cm³/mol. The number of sulfonamides is 1. The highest BCUT2D eigenvalue weighted by molar-refractivity contribution is 7.89. The fourth-order valence-electron chi connectivity index (χ4n) is 2.09. The maximum atomic E-state index is 12.1. The number of halogens is 1. The first-order valence-corrected chi connectivity index (χ1v) is 7.43. The van der Waals surface area contributed by atoms with Crippen LogP contribution in [0.3, 0.4) is 0 Å². The van der Waals surface area contributed by atoms with Crippen LogP contribution in [0.4, 0.5) is 0 Å². The Morgan fingerprint density at radius 1 is 1.50 bits per heavy atom. The number of pyridine rings is 1. The lowest BCUT2D eigenvalue weighted by Gasteiger charge is -2.16. The number of nitrogens with zero attached hydrogens (tertiary/aromatic N) is 2. The van der Waals surface area contributed by atoms with Gasteiger partial charge in [-0.3, -0.25) is 0 Å². The molecule has 0 saturated heterocycles. The van der Waals surface area contributed by atoms with E-state index in [1.54, 1.807) is 0 Å². The third-order valence-corrected chi connectivity index (χ3v) is 4.94. The summed E-state index contributed by atoms with van der Waals surface area (Å²) in [5.41, 5.74) is 0. The van der Waals surface area contributed by atoms with Gasteiger partial charge in [-0.25, -0.2) is 18.1 Å². The normalized spacial score (nSPS) is 23.8. The van der Waals surface area contributed by atoms with Gasteiger partial charge >= 0.3 is 0 Å². The second-order valence-electron chi connectivity index (χ2n) is 4.19. The van der Waals surface area contributed by atoms with Gasteiger partial charge in [-0.15, -0.1) is 0 Å². The van der Waals surface area contributed by atoms with Gasteiger partial charge in [-0.05, 0) is 25.0 Å². The quantitative estimate of drug-likeness (QED) is 0.857. The van der Waals surface area contributed by atoms with Crippen LogP contribution in [-0.4, -0.2) is 19.4 Å². The lowest BCUT2D eigenvalue weighted by Crippen LogP contribution is -2.37. The van der Waals surface area contributed by atoms with Gasteiger partial charge < -0.3 is 0 Å². The summed E-state index contributed by atoms with van der Waals surface area (Å²) in [5.74, 6) is -0.268. The summed E-state index contributed by atoms with van der Waals surface area (Å²) in [7, 11) is -3.71. The van der Waals surface area contributed by atoms with Crippen LogP contribution in [-0.2, 0) is 10.0 Å². The number of hydrogen-bond acceptors (Lipinski definition) is 4. The highest BCUT2D eigenvalue weighted by Gasteiger charge is 2.32. The van der Waals surface area contributed by atoms with Crippen molar-refractivity contribution in [2.75, 3.05) is 0 Å². The van der Waals surface area contributed by atoms with Gasteiger partial charge in [-0.1, -0.05) is 18.0 Å². The van der Waals surface area contributed by atoms with E-state index in [0.717, 1.165) is 12.8 Å². The molecule has 0 spiro atoms. The standard InChI is InChI=1S/C11H12ClN3O2S/c12-11-10(5-2-6-14-11)18(16,17)15-9-4-1-3-8(9)7-13/h2,5-6,8-9,15H,1,3-4H2. The van der Waals surface area contributed by atoms with Crippen molar-refractivity contribution in [3.63, 3.8) is 0 Å². The van der Waals surface area contributed by atoms with Crippen LogP contribution >= 0.6 is 11.6 Å². The topological polar surface area (TPSA) is 82.9 Å². The smallest absolute Gasteiger partial charge is 0.243 e. The van der Waals surface area contributed by atoms with Crippen LogP contribution < -0.4 is 4.72 Å². The second kappa shape index (κ2) is 5.22. The molecule has 1 aliphatic carbocycles. The van der Waals surface area contributed by atoms with E-state index < -0.39 is 10.0 Å². The summed E-state index contributed by atoms with van der Waals surface area (Å²) in [6.45, 7) is 0. The molecule has 0 bridgehead atoms. The Kier molecular flexibility index (Phi) is 3.85. The molecule has 1 fully saturated rings. The number of hydrogen-bond donors (Lipinski definition) is 1. The van der Waals surface area contributed by atoms with E-state index in [2.05, 4.69) is 15.8 Å². The van der Waals surface area contributed by atoms with Crippen molar-refractivity contribution in [2.45, 2.75) is 30.2 Å². The zero-order valence-corrected chi connectivity index (χ0v) is 11.1. The molecule has 18 heavy (non-hydrogen) atoms. The Hall–Kier alpha value is -1.16. The Bertz CT molecular complexity index is 582. The van der Waals surface area contributed by atoms with Crippen molar-refractivity contribution in [2.24, 2.45) is 5.92 Å². The van der Waals surface area contributed by atoms with E-state index in [9.17, 15) is 8.42 Å². The Labute approximate surface area is 111 Å². The molecule has 2 rings (SSSR count). The Morgan fingerprint density at radius 3 is 2.94 bits per heavy atom. The van der Waals surface area contributed by atoms with Crippen LogP contribution in [0.5, 0.6) is 0 Å². The summed E-state index contributed by atoms with van der Waals surface area (Å²) in [4.78, 5) is 3.69. The largest absolute Gasteiger partial charge is 0.243 e. The lowest BCUT2D eigenvalue weighted by atomic mass is 10.1. The predicted octanol–water partition coefficient (Wildman–Crippen LogP) is 1.71. The molecule has 1 N–H and O–H groups in total. The van der Waals surface area contributed by atoms with Gasteiger partial charge in [0.2, 0.25) is 10.0 Å². The minimum atomic E-state index is -3.71. The Morgan fingerprint density at radius 2 is 2.28 bits per heavy atom. The van der Waals surface area contributed by atoms with Crippen molar-refractivity contribution in [3.8, 4) is 6.07 Å². The molecule has 2 atom stereocenters. The number of aromatic nitrogens is 1. The molecule has 1 saturated carbocycles. The van der Waals surface area contributed by atoms with Crippen molar-refractivity contribution in [3.05, 3.63) is 23.5 Å². The Balaban J connectivity index is 2.23. The van der Waals surface area contributed by atoms with E-state index in [-0.39, 0.29) is 22.0 Å². The zero-order valence-electron chi connectivity index (χ0n) is 9.51. The molecule has 0 radical (unpaired) electrons. The molecule has 0 aromatic carbocycles. The molecule has 0 aliphatic heterocycles. The van der Waals surface area contributed by atoms with Crippen LogP contribution in [0, 0.1) is 17.2 Å². The monoisotopic (exact) mass is 285 g/mol. The number of nitriles is 1. The van der Waals surface area contributed by atoms with Crippen LogP contribution in [0.1, 0.15) is 19.3 Å². The van der Waals surface area contributed by atoms with E-state index in [0.29, 0.717) is 6.42 Å². The molecular formula is C11H12ClN3O2S. The molecule has 1 aliphatic rings. The van der Waals surface area contributed by atoms with E-state index >= 15 is 0 Å². The molecule has 5 nitrogen and oxygen atoms in total. The first-order chi connectivity index (χ1) is 8.54. The maximum absolute atomic E-state index is 12.1. The summed E-state index contributed by atoms with van der Waals surface area (Å²) in [6.07, 6.45) is 3.68. The van der Waals surface area contributed by atoms with Gasteiger partial charge in [0.05, 0.1) is 12.0 Å². The van der Waals surface area contributed by atoms with Gasteiger partial charge in [-0.2, -0.15) is 5.26 Å². The molecule has 1 heterocycles. The average Bonchev–Trinajstić information content (AvgIpc) is 2.76. The molecule has 0 amide bonds. The van der Waals surface area contributed by atoms with Crippen molar-refractivity contribution >= 4 is 21.6 Å².